The summed E-state index contributed by atoms with van der Waals surface area (Å²) in [5.74, 6) is 0. The minimum atomic E-state index is -0.729. The first kappa shape index (κ1) is 10.2. The van der Waals surface area contributed by atoms with Gasteiger partial charge in [0.2, 0.25) is 0 Å². The van der Waals surface area contributed by atoms with Crippen molar-refractivity contribution >= 4 is 6.21 Å². The van der Waals surface area contributed by atoms with Crippen molar-refractivity contribution in [1.82, 2.24) is 0 Å². The molecule has 3 nitrogen and oxygen atoms in total. The van der Waals surface area contributed by atoms with E-state index in [0.29, 0.717) is 12.2 Å². The number of hydrogen-bond donors (Lipinski definition) is 2. The van der Waals surface area contributed by atoms with Gasteiger partial charge in [-0.05, 0) is 26.8 Å². The van der Waals surface area contributed by atoms with Crippen molar-refractivity contribution in [3.63, 3.8) is 0 Å². The number of rotatable bonds is 3. The fourth-order valence-electron chi connectivity index (χ4n) is 0.446. The lowest BCUT2D eigenvalue weighted by atomic mass is 10.1. The van der Waals surface area contributed by atoms with Crippen LogP contribution in [-0.2, 0) is 0 Å². The molecule has 0 aromatic carbocycles. The third-order valence-corrected chi connectivity index (χ3v) is 0.921. The maximum atomic E-state index is 9.22. The molecule has 0 fully saturated rings. The first-order valence-electron chi connectivity index (χ1n) is 3.56. The standard InChI is InChI=1S/C8H16N2O/c1-7(9)4-5-10-6-8(2,3)11/h4-5,11H,6,9H2,1-3H3. The normalized spacial score (nSPS) is 14.4. The van der Waals surface area contributed by atoms with Crippen LogP contribution in [0.2, 0.25) is 0 Å². The fourth-order valence-corrected chi connectivity index (χ4v) is 0.446. The third kappa shape index (κ3) is 9.17. The van der Waals surface area contributed by atoms with Gasteiger partial charge in [0.05, 0.1) is 12.1 Å². The molecule has 0 radical (unpaired) electrons. The Labute approximate surface area is 67.6 Å². The number of aliphatic hydroxyl groups is 1. The molecule has 0 heterocycles. The van der Waals surface area contributed by atoms with Crippen LogP contribution in [0.25, 0.3) is 0 Å². The predicted molar refractivity (Wildman–Crippen MR) is 47.6 cm³/mol. The van der Waals surface area contributed by atoms with Crippen LogP contribution in [-0.4, -0.2) is 23.5 Å². The lowest BCUT2D eigenvalue weighted by Gasteiger charge is -2.12. The summed E-state index contributed by atoms with van der Waals surface area (Å²) >= 11 is 0. The van der Waals surface area contributed by atoms with E-state index in [1.165, 1.54) is 0 Å². The Bertz CT molecular complexity index is 161. The van der Waals surface area contributed by atoms with Gasteiger partial charge in [0.15, 0.2) is 0 Å². The Morgan fingerprint density at radius 3 is 2.55 bits per heavy atom. The van der Waals surface area contributed by atoms with Crippen LogP contribution in [0.4, 0.5) is 0 Å². The van der Waals surface area contributed by atoms with Crippen molar-refractivity contribution in [2.24, 2.45) is 10.7 Å². The molecule has 0 aliphatic rings. The van der Waals surface area contributed by atoms with Crippen molar-refractivity contribution in [3.05, 3.63) is 11.8 Å². The van der Waals surface area contributed by atoms with Crippen molar-refractivity contribution in [3.8, 4) is 0 Å². The minimum absolute atomic E-state index is 0.400. The molecule has 0 amide bonds. The second kappa shape index (κ2) is 4.13. The highest BCUT2D eigenvalue weighted by molar-refractivity contribution is 5.71. The van der Waals surface area contributed by atoms with Crippen LogP contribution in [0.5, 0.6) is 0 Å². The molecule has 0 aliphatic heterocycles. The summed E-state index contributed by atoms with van der Waals surface area (Å²) in [5.41, 5.74) is 5.33. The summed E-state index contributed by atoms with van der Waals surface area (Å²) in [6.45, 7) is 5.61. The molecule has 11 heavy (non-hydrogen) atoms. The molecule has 0 atom stereocenters. The van der Waals surface area contributed by atoms with Crippen LogP contribution >= 0.6 is 0 Å². The zero-order valence-electron chi connectivity index (χ0n) is 7.33. The monoisotopic (exact) mass is 156 g/mol. The molecule has 0 unspecified atom stereocenters. The average molecular weight is 156 g/mol. The van der Waals surface area contributed by atoms with E-state index in [2.05, 4.69) is 4.99 Å². The van der Waals surface area contributed by atoms with E-state index in [1.807, 2.05) is 0 Å². The van der Waals surface area contributed by atoms with E-state index in [0.717, 1.165) is 0 Å². The van der Waals surface area contributed by atoms with E-state index >= 15 is 0 Å². The zero-order valence-corrected chi connectivity index (χ0v) is 7.33. The number of nitrogens with zero attached hydrogens (tertiary/aromatic N) is 1. The summed E-state index contributed by atoms with van der Waals surface area (Å²) < 4.78 is 0. The highest BCUT2D eigenvalue weighted by Crippen LogP contribution is 1.99. The first-order chi connectivity index (χ1) is 4.92. The fraction of sp³-hybridized carbons (Fsp3) is 0.625. The highest BCUT2D eigenvalue weighted by Gasteiger charge is 2.09. The molecular formula is C8H16N2O. The molecule has 3 heteroatoms. The Morgan fingerprint density at radius 1 is 1.64 bits per heavy atom. The van der Waals surface area contributed by atoms with Gasteiger partial charge in [-0.1, -0.05) is 0 Å². The van der Waals surface area contributed by atoms with Crippen molar-refractivity contribution in [1.29, 1.82) is 0 Å². The topological polar surface area (TPSA) is 58.6 Å². The van der Waals surface area contributed by atoms with Crippen LogP contribution in [0.15, 0.2) is 16.8 Å². The van der Waals surface area contributed by atoms with Gasteiger partial charge >= 0.3 is 0 Å². The molecule has 0 saturated heterocycles. The van der Waals surface area contributed by atoms with Crippen LogP contribution in [0, 0.1) is 0 Å². The summed E-state index contributed by atoms with van der Waals surface area (Å²) in [6.07, 6.45) is 3.30. The Morgan fingerprint density at radius 2 is 2.18 bits per heavy atom. The quantitative estimate of drug-likeness (QED) is 0.591. The summed E-state index contributed by atoms with van der Waals surface area (Å²) in [6, 6.07) is 0. The largest absolute Gasteiger partial charge is 0.402 e. The van der Waals surface area contributed by atoms with E-state index in [4.69, 9.17) is 5.73 Å². The van der Waals surface area contributed by atoms with Crippen LogP contribution in [0.1, 0.15) is 20.8 Å². The Balaban J connectivity index is 3.71. The summed E-state index contributed by atoms with van der Waals surface area (Å²) in [4.78, 5) is 3.95. The first-order valence-corrected chi connectivity index (χ1v) is 3.56. The maximum absolute atomic E-state index is 9.22. The lowest BCUT2D eigenvalue weighted by Crippen LogP contribution is -2.22. The van der Waals surface area contributed by atoms with Crippen LogP contribution in [0.3, 0.4) is 0 Å². The lowest BCUT2D eigenvalue weighted by molar-refractivity contribution is 0.0906. The number of hydrogen-bond acceptors (Lipinski definition) is 3. The predicted octanol–water partition coefficient (Wildman–Crippen LogP) is 0.691. The molecule has 0 rings (SSSR count). The zero-order chi connectivity index (χ0) is 8.91. The number of nitrogens with two attached hydrogens (primary N) is 1. The molecule has 0 aliphatic carbocycles. The van der Waals surface area contributed by atoms with E-state index < -0.39 is 5.60 Å². The molecule has 64 valence electrons. The highest BCUT2D eigenvalue weighted by atomic mass is 16.3. The number of allylic oxidation sites excluding steroid dienone is 2. The van der Waals surface area contributed by atoms with Gasteiger partial charge in [-0.25, -0.2) is 0 Å². The molecular weight excluding hydrogens is 140 g/mol. The maximum Gasteiger partial charge on any atom is 0.0786 e. The van der Waals surface area contributed by atoms with E-state index in [-0.39, 0.29) is 0 Å². The molecule has 0 aromatic heterocycles. The van der Waals surface area contributed by atoms with Crippen molar-refractivity contribution < 1.29 is 5.11 Å². The van der Waals surface area contributed by atoms with Crippen molar-refractivity contribution in [2.45, 2.75) is 26.4 Å². The smallest absolute Gasteiger partial charge is 0.0786 e. The molecule has 3 N–H and O–H groups in total. The van der Waals surface area contributed by atoms with E-state index in [1.54, 1.807) is 33.1 Å². The average Bonchev–Trinajstić information content (AvgIpc) is 1.78. The van der Waals surface area contributed by atoms with E-state index in [9.17, 15) is 5.11 Å². The SMILES string of the molecule is CC(N)=CC=NCC(C)(C)O. The molecule has 0 aromatic rings. The minimum Gasteiger partial charge on any atom is -0.402 e. The number of aliphatic imine (C=N–C) groups is 1. The second-order valence-corrected chi connectivity index (χ2v) is 3.21. The van der Waals surface area contributed by atoms with Gasteiger partial charge in [0, 0.05) is 11.9 Å². The van der Waals surface area contributed by atoms with Gasteiger partial charge < -0.3 is 10.8 Å². The summed E-state index contributed by atoms with van der Waals surface area (Å²) in [7, 11) is 0. The second-order valence-electron chi connectivity index (χ2n) is 3.21. The molecule has 0 saturated carbocycles. The third-order valence-electron chi connectivity index (χ3n) is 0.921. The Hall–Kier alpha value is -0.830. The molecule has 0 spiro atoms. The molecule has 0 bridgehead atoms. The summed E-state index contributed by atoms with van der Waals surface area (Å²) in [5, 5.41) is 9.22. The van der Waals surface area contributed by atoms with Gasteiger partial charge in [0.1, 0.15) is 0 Å². The van der Waals surface area contributed by atoms with Gasteiger partial charge in [-0.15, -0.1) is 0 Å². The Kier molecular flexibility index (Phi) is 3.82. The van der Waals surface area contributed by atoms with Gasteiger partial charge in [-0.3, -0.25) is 4.99 Å². The van der Waals surface area contributed by atoms with Crippen molar-refractivity contribution in [2.75, 3.05) is 6.54 Å². The van der Waals surface area contributed by atoms with Gasteiger partial charge in [-0.2, -0.15) is 0 Å². The van der Waals surface area contributed by atoms with Gasteiger partial charge in [0.25, 0.3) is 0 Å². The van der Waals surface area contributed by atoms with Crippen LogP contribution < -0.4 is 5.73 Å².